The summed E-state index contributed by atoms with van der Waals surface area (Å²) in [5.41, 5.74) is 8.48. The molecule has 0 atom stereocenters. The third-order valence-electron chi connectivity index (χ3n) is 7.71. The molecule has 234 valence electrons. The van der Waals surface area contributed by atoms with Crippen molar-refractivity contribution >= 4 is 40.0 Å². The van der Waals surface area contributed by atoms with Gasteiger partial charge in [0.15, 0.2) is 0 Å². The standard InChI is InChI=1S/C40H34N2O5/c1-25(2)39(43)45-20-21-46-40(44)32-13-9-8-12-31(32)38-33-19-18-30(41-29-16-14-26(3)15-17-29)23-37(33)47-36-22-27(4)35(24-34(36)38)42-28-10-6-5-7-11-28/h5-19,22-24,42H,1,20-21H2,2-4H3/b41-30+. The molecule has 1 heterocycles. The normalized spacial score (nSPS) is 11.4. The molecule has 0 aromatic heterocycles. The summed E-state index contributed by atoms with van der Waals surface area (Å²) in [4.78, 5) is 30.1. The second-order valence-corrected chi connectivity index (χ2v) is 11.4. The monoisotopic (exact) mass is 622 g/mol. The maximum Gasteiger partial charge on any atom is 0.338 e. The Kier molecular flexibility index (Phi) is 8.97. The van der Waals surface area contributed by atoms with Crippen molar-refractivity contribution in [2.24, 2.45) is 4.99 Å². The number of benzene rings is 5. The lowest BCUT2D eigenvalue weighted by Gasteiger charge is -2.19. The van der Waals surface area contributed by atoms with Crippen molar-refractivity contribution in [3.8, 4) is 22.5 Å². The van der Waals surface area contributed by atoms with Gasteiger partial charge in [0.25, 0.3) is 0 Å². The Labute approximate surface area is 273 Å². The van der Waals surface area contributed by atoms with Crippen LogP contribution in [-0.4, -0.2) is 25.2 Å². The van der Waals surface area contributed by atoms with E-state index in [2.05, 4.69) is 18.0 Å². The number of esters is 2. The molecule has 0 bridgehead atoms. The molecule has 0 spiro atoms. The SMILES string of the molecule is C=C(C)C(=O)OCCOC(=O)c1ccccc1-c1c2cc/c(=N\c3ccc(C)cc3)cc-2oc2cc(C)c(Nc3ccccc3)cc12. The Morgan fingerprint density at radius 1 is 0.809 bits per heavy atom. The summed E-state index contributed by atoms with van der Waals surface area (Å²) in [6.07, 6.45) is 0. The number of para-hydroxylation sites is 1. The van der Waals surface area contributed by atoms with Crippen LogP contribution in [0.3, 0.4) is 0 Å². The van der Waals surface area contributed by atoms with Crippen molar-refractivity contribution in [1.82, 2.24) is 0 Å². The van der Waals surface area contributed by atoms with Gasteiger partial charge in [0.05, 0.1) is 16.6 Å². The summed E-state index contributed by atoms with van der Waals surface area (Å²) in [6, 6.07) is 35.2. The smallest absolute Gasteiger partial charge is 0.338 e. The van der Waals surface area contributed by atoms with Crippen LogP contribution in [0.4, 0.5) is 17.1 Å². The fourth-order valence-corrected chi connectivity index (χ4v) is 5.32. The Morgan fingerprint density at radius 3 is 2.30 bits per heavy atom. The first-order valence-corrected chi connectivity index (χ1v) is 15.3. The summed E-state index contributed by atoms with van der Waals surface area (Å²) >= 11 is 0. The summed E-state index contributed by atoms with van der Waals surface area (Å²) < 4.78 is 17.2. The molecular weight excluding hydrogens is 588 g/mol. The van der Waals surface area contributed by atoms with Crippen molar-refractivity contribution in [2.45, 2.75) is 20.8 Å². The molecule has 0 unspecified atom stereocenters. The number of nitrogens with zero attached hydrogens (tertiary/aromatic N) is 1. The Morgan fingerprint density at radius 2 is 1.53 bits per heavy atom. The summed E-state index contributed by atoms with van der Waals surface area (Å²) in [6.45, 7) is 9.04. The van der Waals surface area contributed by atoms with E-state index in [1.54, 1.807) is 19.1 Å². The number of nitrogens with one attached hydrogen (secondary N) is 1. The molecule has 2 aliphatic rings. The predicted octanol–water partition coefficient (Wildman–Crippen LogP) is 9.07. The quantitative estimate of drug-likeness (QED) is 0.0749. The number of carbonyl (C=O) groups excluding carboxylic acids is 2. The van der Waals surface area contributed by atoms with E-state index in [1.807, 2.05) is 105 Å². The minimum Gasteiger partial charge on any atom is -0.459 e. The van der Waals surface area contributed by atoms with Gasteiger partial charge >= 0.3 is 11.9 Å². The van der Waals surface area contributed by atoms with Gasteiger partial charge in [0.1, 0.15) is 24.6 Å². The largest absolute Gasteiger partial charge is 0.459 e. The first kappa shape index (κ1) is 31.0. The molecule has 7 heteroatoms. The van der Waals surface area contributed by atoms with Gasteiger partial charge in [0, 0.05) is 39.5 Å². The van der Waals surface area contributed by atoms with Crippen molar-refractivity contribution in [3.05, 3.63) is 143 Å². The molecule has 4 aromatic carbocycles. The summed E-state index contributed by atoms with van der Waals surface area (Å²) in [5.74, 6) is -0.440. The molecular formula is C40H34N2O5. The van der Waals surface area contributed by atoms with E-state index < -0.39 is 11.9 Å². The number of ether oxygens (including phenoxy) is 2. The molecule has 1 aliphatic carbocycles. The number of hydrogen-bond acceptors (Lipinski definition) is 7. The summed E-state index contributed by atoms with van der Waals surface area (Å²) in [7, 11) is 0. The predicted molar refractivity (Wildman–Crippen MR) is 185 cm³/mol. The third-order valence-corrected chi connectivity index (χ3v) is 7.71. The van der Waals surface area contributed by atoms with Crippen LogP contribution in [-0.2, 0) is 14.3 Å². The van der Waals surface area contributed by atoms with Gasteiger partial charge in [-0.25, -0.2) is 14.6 Å². The highest BCUT2D eigenvalue weighted by atomic mass is 16.6. The number of anilines is 2. The fourth-order valence-electron chi connectivity index (χ4n) is 5.32. The first-order valence-electron chi connectivity index (χ1n) is 15.3. The van der Waals surface area contributed by atoms with Crippen molar-refractivity contribution < 1.29 is 23.5 Å². The zero-order chi connectivity index (χ0) is 32.9. The van der Waals surface area contributed by atoms with Crippen LogP contribution in [0, 0.1) is 13.8 Å². The average Bonchev–Trinajstić information content (AvgIpc) is 3.07. The van der Waals surface area contributed by atoms with Crippen molar-refractivity contribution in [3.63, 3.8) is 0 Å². The van der Waals surface area contributed by atoms with E-state index in [0.29, 0.717) is 22.5 Å². The summed E-state index contributed by atoms with van der Waals surface area (Å²) in [5, 5.41) is 5.09. The number of aryl methyl sites for hydroxylation is 2. The average molecular weight is 623 g/mol. The van der Waals surface area contributed by atoms with Gasteiger partial charge in [-0.05, 0) is 86.5 Å². The van der Waals surface area contributed by atoms with E-state index in [0.717, 1.165) is 50.1 Å². The number of hydrogen-bond donors (Lipinski definition) is 1. The number of rotatable bonds is 9. The second kappa shape index (κ2) is 13.6. The van der Waals surface area contributed by atoms with Crippen LogP contribution in [0.15, 0.2) is 131 Å². The fraction of sp³-hybridized carbons (Fsp3) is 0.125. The van der Waals surface area contributed by atoms with E-state index in [9.17, 15) is 9.59 Å². The minimum atomic E-state index is -0.533. The van der Waals surface area contributed by atoms with E-state index in [4.69, 9.17) is 18.9 Å². The van der Waals surface area contributed by atoms with Crippen LogP contribution in [0.1, 0.15) is 28.4 Å². The maximum absolute atomic E-state index is 13.5. The van der Waals surface area contributed by atoms with Crippen molar-refractivity contribution in [2.75, 3.05) is 18.5 Å². The highest BCUT2D eigenvalue weighted by molar-refractivity contribution is 6.08. The van der Waals surface area contributed by atoms with Crippen LogP contribution in [0.2, 0.25) is 0 Å². The van der Waals surface area contributed by atoms with Crippen molar-refractivity contribution in [1.29, 1.82) is 0 Å². The van der Waals surface area contributed by atoms with Gasteiger partial charge in [-0.3, -0.25) is 0 Å². The number of carbonyl (C=O) groups is 2. The topological polar surface area (TPSA) is 90.1 Å². The minimum absolute atomic E-state index is 0.0727. The Bertz CT molecular complexity index is 2150. The third kappa shape index (κ3) is 6.99. The molecule has 0 amide bonds. The van der Waals surface area contributed by atoms with Crippen LogP contribution < -0.4 is 10.7 Å². The van der Waals surface area contributed by atoms with Crippen LogP contribution in [0.5, 0.6) is 0 Å². The second-order valence-electron chi connectivity index (χ2n) is 11.4. The molecule has 1 aliphatic heterocycles. The van der Waals surface area contributed by atoms with E-state index in [1.165, 1.54) is 0 Å². The van der Waals surface area contributed by atoms with Gasteiger partial charge < -0.3 is 19.2 Å². The van der Waals surface area contributed by atoms with Gasteiger partial charge in [-0.1, -0.05) is 60.7 Å². The molecule has 7 nitrogen and oxygen atoms in total. The molecule has 0 fully saturated rings. The molecule has 0 saturated heterocycles. The molecule has 4 aromatic rings. The van der Waals surface area contributed by atoms with E-state index in [-0.39, 0.29) is 18.8 Å². The molecule has 0 radical (unpaired) electrons. The number of fused-ring (bicyclic) bond motifs is 2. The molecule has 1 N–H and O–H groups in total. The Balaban J connectivity index is 1.49. The van der Waals surface area contributed by atoms with Gasteiger partial charge in [-0.15, -0.1) is 0 Å². The van der Waals surface area contributed by atoms with Gasteiger partial charge in [-0.2, -0.15) is 0 Å². The van der Waals surface area contributed by atoms with Gasteiger partial charge in [0.2, 0.25) is 0 Å². The molecule has 6 rings (SSSR count). The molecule has 0 saturated carbocycles. The lowest BCUT2D eigenvalue weighted by Crippen LogP contribution is -2.15. The lowest BCUT2D eigenvalue weighted by atomic mass is 9.90. The first-order chi connectivity index (χ1) is 22.8. The van der Waals surface area contributed by atoms with Crippen LogP contribution >= 0.6 is 0 Å². The zero-order valence-electron chi connectivity index (χ0n) is 26.5. The molecule has 47 heavy (non-hydrogen) atoms. The zero-order valence-corrected chi connectivity index (χ0v) is 26.5. The highest BCUT2D eigenvalue weighted by Crippen LogP contribution is 2.43. The Hall–Kier alpha value is -5.95. The lowest BCUT2D eigenvalue weighted by molar-refractivity contribution is -0.140. The van der Waals surface area contributed by atoms with Crippen LogP contribution in [0.25, 0.3) is 33.4 Å². The maximum atomic E-state index is 13.5. The van der Waals surface area contributed by atoms with E-state index >= 15 is 0 Å². The highest BCUT2D eigenvalue weighted by Gasteiger charge is 2.23.